The van der Waals surface area contributed by atoms with Gasteiger partial charge in [0.2, 0.25) is 0 Å². The van der Waals surface area contributed by atoms with E-state index in [4.69, 9.17) is 0 Å². The summed E-state index contributed by atoms with van der Waals surface area (Å²) in [5.41, 5.74) is 8.17. The minimum Gasteiger partial charge on any atom is -0.336 e. The Balaban J connectivity index is 1.77. The number of hydrogen-bond donors (Lipinski definition) is 0. The fourth-order valence-electron chi connectivity index (χ4n) is 4.73. The van der Waals surface area contributed by atoms with Crippen LogP contribution in [0.15, 0.2) is 72.8 Å². The summed E-state index contributed by atoms with van der Waals surface area (Å²) in [6.07, 6.45) is 1.15. The molecule has 1 heterocycles. The zero-order valence-electron chi connectivity index (χ0n) is 17.7. The van der Waals surface area contributed by atoms with Crippen molar-refractivity contribution < 1.29 is 0 Å². The molecule has 28 heavy (non-hydrogen) atoms. The summed E-state index contributed by atoms with van der Waals surface area (Å²) >= 11 is 0. The van der Waals surface area contributed by atoms with E-state index in [1.165, 1.54) is 33.6 Å². The summed E-state index contributed by atoms with van der Waals surface area (Å²) in [5, 5.41) is 0. The minimum atomic E-state index is 0.0834. The number of hydrogen-bond acceptors (Lipinski definition) is 1. The maximum Gasteiger partial charge on any atom is 0.0451 e. The van der Waals surface area contributed by atoms with E-state index >= 15 is 0 Å². The molecule has 0 fully saturated rings. The van der Waals surface area contributed by atoms with Crippen LogP contribution in [-0.4, -0.2) is 5.54 Å². The van der Waals surface area contributed by atoms with Crippen LogP contribution in [0.3, 0.4) is 0 Å². The third-order valence-electron chi connectivity index (χ3n) is 6.13. The molecule has 144 valence electrons. The lowest BCUT2D eigenvalue weighted by molar-refractivity contribution is 0.408. The zero-order chi connectivity index (χ0) is 19.9. The second kappa shape index (κ2) is 7.13. The van der Waals surface area contributed by atoms with Crippen molar-refractivity contribution >= 4 is 11.4 Å². The summed E-state index contributed by atoms with van der Waals surface area (Å²) in [5.74, 6) is 1.13. The Bertz CT molecular complexity index is 951. The van der Waals surface area contributed by atoms with Gasteiger partial charge in [0.1, 0.15) is 0 Å². The fourth-order valence-corrected chi connectivity index (χ4v) is 4.73. The molecule has 1 aliphatic rings. The van der Waals surface area contributed by atoms with Crippen molar-refractivity contribution in [2.45, 2.75) is 58.4 Å². The summed E-state index contributed by atoms with van der Waals surface area (Å²) in [7, 11) is 0. The molecule has 0 aromatic heterocycles. The molecule has 0 saturated carbocycles. The molecule has 1 unspecified atom stereocenters. The summed E-state index contributed by atoms with van der Waals surface area (Å²) in [6.45, 7) is 11.7. The molecule has 0 N–H and O–H groups in total. The largest absolute Gasteiger partial charge is 0.336 e. The normalized spacial score (nSPS) is 18.2. The third-order valence-corrected chi connectivity index (χ3v) is 6.13. The van der Waals surface area contributed by atoms with Crippen LogP contribution in [0.4, 0.5) is 11.4 Å². The van der Waals surface area contributed by atoms with Gasteiger partial charge in [-0.25, -0.2) is 0 Å². The molecule has 0 amide bonds. The first-order valence-electron chi connectivity index (χ1n) is 10.5. The van der Waals surface area contributed by atoms with Gasteiger partial charge in [0, 0.05) is 16.9 Å². The molecule has 0 spiro atoms. The molecule has 0 saturated heterocycles. The number of fused-ring (bicyclic) bond motifs is 1. The molecule has 4 rings (SSSR count). The van der Waals surface area contributed by atoms with Crippen molar-refractivity contribution in [1.29, 1.82) is 0 Å². The van der Waals surface area contributed by atoms with E-state index in [0.29, 0.717) is 11.8 Å². The van der Waals surface area contributed by atoms with Crippen LogP contribution >= 0.6 is 0 Å². The molecule has 1 atom stereocenters. The first-order chi connectivity index (χ1) is 13.4. The molecule has 3 aromatic carbocycles. The molecule has 0 aliphatic carbocycles. The van der Waals surface area contributed by atoms with Crippen LogP contribution in [0.1, 0.15) is 64.0 Å². The lowest BCUT2D eigenvalue weighted by Gasteiger charge is -2.47. The number of rotatable bonds is 3. The first-order valence-corrected chi connectivity index (χ1v) is 10.5. The van der Waals surface area contributed by atoms with Gasteiger partial charge in [0.05, 0.1) is 0 Å². The van der Waals surface area contributed by atoms with Gasteiger partial charge in [-0.2, -0.15) is 0 Å². The fraction of sp³-hybridized carbons (Fsp3) is 0.333. The van der Waals surface area contributed by atoms with Gasteiger partial charge in [-0.3, -0.25) is 0 Å². The molecule has 1 aliphatic heterocycles. The van der Waals surface area contributed by atoms with Gasteiger partial charge in [-0.05, 0) is 72.6 Å². The van der Waals surface area contributed by atoms with E-state index in [2.05, 4.69) is 112 Å². The van der Waals surface area contributed by atoms with E-state index in [-0.39, 0.29) is 5.54 Å². The van der Waals surface area contributed by atoms with E-state index < -0.39 is 0 Å². The van der Waals surface area contributed by atoms with Gasteiger partial charge in [-0.1, -0.05) is 75.4 Å². The Morgan fingerprint density at radius 3 is 2.14 bits per heavy atom. The van der Waals surface area contributed by atoms with Crippen molar-refractivity contribution in [2.24, 2.45) is 0 Å². The quantitative estimate of drug-likeness (QED) is 0.453. The zero-order valence-corrected chi connectivity index (χ0v) is 17.7. The molecule has 1 nitrogen and oxygen atoms in total. The Kier molecular flexibility index (Phi) is 4.79. The first kappa shape index (κ1) is 18.8. The van der Waals surface area contributed by atoms with Crippen molar-refractivity contribution in [2.75, 3.05) is 4.90 Å². The standard InChI is InChI=1S/C27H31N/c1-19(2)23-13-16-26-25(17-23)20(3)18-27(4,5)28(26)24-14-11-22(12-15-24)21-9-7-6-8-10-21/h6-17,19-20H,18H2,1-5H3. The van der Waals surface area contributed by atoms with Crippen LogP contribution in [0.25, 0.3) is 11.1 Å². The maximum absolute atomic E-state index is 2.54. The molecule has 3 aromatic rings. The summed E-state index contributed by atoms with van der Waals surface area (Å²) < 4.78 is 0. The summed E-state index contributed by atoms with van der Waals surface area (Å²) in [4.78, 5) is 2.54. The van der Waals surface area contributed by atoms with Gasteiger partial charge in [0.25, 0.3) is 0 Å². The smallest absolute Gasteiger partial charge is 0.0451 e. The lowest BCUT2D eigenvalue weighted by atomic mass is 9.78. The summed E-state index contributed by atoms with van der Waals surface area (Å²) in [6, 6.07) is 26.7. The van der Waals surface area contributed by atoms with Crippen molar-refractivity contribution in [3.63, 3.8) is 0 Å². The molecule has 0 bridgehead atoms. The van der Waals surface area contributed by atoms with Gasteiger partial charge in [0.15, 0.2) is 0 Å². The van der Waals surface area contributed by atoms with Crippen molar-refractivity contribution in [3.8, 4) is 11.1 Å². The highest BCUT2D eigenvalue weighted by atomic mass is 15.2. The molecule has 0 radical (unpaired) electrons. The van der Waals surface area contributed by atoms with Crippen LogP contribution in [0, 0.1) is 0 Å². The van der Waals surface area contributed by atoms with Crippen LogP contribution in [-0.2, 0) is 0 Å². The van der Waals surface area contributed by atoms with Crippen molar-refractivity contribution in [1.82, 2.24) is 0 Å². The predicted molar refractivity (Wildman–Crippen MR) is 122 cm³/mol. The molecular formula is C27H31N. The molecular weight excluding hydrogens is 338 g/mol. The second-order valence-electron chi connectivity index (χ2n) is 9.14. The monoisotopic (exact) mass is 369 g/mol. The van der Waals surface area contributed by atoms with Gasteiger partial charge < -0.3 is 4.90 Å². The topological polar surface area (TPSA) is 3.24 Å². The number of nitrogens with zero attached hydrogens (tertiary/aromatic N) is 1. The Labute approximate surface area is 170 Å². The highest BCUT2D eigenvalue weighted by Gasteiger charge is 2.37. The number of benzene rings is 3. The Morgan fingerprint density at radius 2 is 1.50 bits per heavy atom. The SMILES string of the molecule is CC(C)c1ccc2c(c1)C(C)CC(C)(C)N2c1ccc(-c2ccccc2)cc1. The average Bonchev–Trinajstić information content (AvgIpc) is 2.68. The van der Waals surface area contributed by atoms with Gasteiger partial charge >= 0.3 is 0 Å². The van der Waals surface area contributed by atoms with Crippen molar-refractivity contribution in [3.05, 3.63) is 83.9 Å². The van der Waals surface area contributed by atoms with Crippen LogP contribution in [0.2, 0.25) is 0 Å². The Hall–Kier alpha value is -2.54. The van der Waals surface area contributed by atoms with E-state index in [0.717, 1.165) is 6.42 Å². The highest BCUT2D eigenvalue weighted by molar-refractivity contribution is 5.74. The minimum absolute atomic E-state index is 0.0834. The van der Waals surface area contributed by atoms with E-state index in [9.17, 15) is 0 Å². The van der Waals surface area contributed by atoms with E-state index in [1.54, 1.807) is 0 Å². The number of anilines is 2. The second-order valence-corrected chi connectivity index (χ2v) is 9.14. The highest BCUT2D eigenvalue weighted by Crippen LogP contribution is 2.48. The third kappa shape index (κ3) is 3.35. The van der Waals surface area contributed by atoms with Gasteiger partial charge in [-0.15, -0.1) is 0 Å². The average molecular weight is 370 g/mol. The predicted octanol–water partition coefficient (Wildman–Crippen LogP) is 7.90. The lowest BCUT2D eigenvalue weighted by Crippen LogP contribution is -2.45. The van der Waals surface area contributed by atoms with E-state index in [1.807, 2.05) is 0 Å². The molecule has 1 heteroatoms. The van der Waals surface area contributed by atoms with Crippen LogP contribution in [0.5, 0.6) is 0 Å². The van der Waals surface area contributed by atoms with Crippen LogP contribution < -0.4 is 4.90 Å². The maximum atomic E-state index is 2.54. The Morgan fingerprint density at radius 1 is 0.857 bits per heavy atom.